The molecule has 0 aliphatic rings. The molecule has 0 fully saturated rings. The molecule has 0 spiro atoms. The first-order valence-corrected chi connectivity index (χ1v) is 17.3. The summed E-state index contributed by atoms with van der Waals surface area (Å²) in [5.41, 5.74) is 7.30. The minimum Gasteiger partial charge on any atom is -0.135 e. The average Bonchev–Trinajstić information content (AvgIpc) is 3.54. The minimum atomic E-state index is 1.11. The zero-order valence-corrected chi connectivity index (χ0v) is 27.5. The van der Waals surface area contributed by atoms with Gasteiger partial charge in [0, 0.05) is 25.6 Å². The lowest BCUT2D eigenvalue weighted by Gasteiger charge is -2.18. The summed E-state index contributed by atoms with van der Waals surface area (Å²) in [4.78, 5) is 0. The molecule has 1 heterocycles. The van der Waals surface area contributed by atoms with E-state index >= 15 is 0 Å². The smallest absolute Gasteiger partial charge is 0.0440 e. The molecule has 8 aromatic carbocycles. The van der Waals surface area contributed by atoms with Crippen molar-refractivity contribution in [3.05, 3.63) is 182 Å². The van der Waals surface area contributed by atoms with Crippen LogP contribution in [0.2, 0.25) is 0 Å². The highest BCUT2D eigenvalue weighted by molar-refractivity contribution is 7.27. The minimum absolute atomic E-state index is 1.11. The van der Waals surface area contributed by atoms with Gasteiger partial charge < -0.3 is 0 Å². The maximum Gasteiger partial charge on any atom is 0.0440 e. The summed E-state index contributed by atoms with van der Waals surface area (Å²) in [5, 5.41) is 13.0. The summed E-state index contributed by atoms with van der Waals surface area (Å²) in [7, 11) is 0. The van der Waals surface area contributed by atoms with Crippen LogP contribution in [0.4, 0.5) is 0 Å². The van der Waals surface area contributed by atoms with Crippen molar-refractivity contribution >= 4 is 85.7 Å². The van der Waals surface area contributed by atoms with Crippen LogP contribution in [0.25, 0.3) is 85.5 Å². The van der Waals surface area contributed by atoms with E-state index in [1.54, 1.807) is 0 Å². The molecule has 0 amide bonds. The third-order valence-corrected chi connectivity index (χ3v) is 11.0. The maximum absolute atomic E-state index is 4.10. The van der Waals surface area contributed by atoms with Gasteiger partial charge in [-0.25, -0.2) is 0 Å². The van der Waals surface area contributed by atoms with Crippen molar-refractivity contribution < 1.29 is 0 Å². The van der Waals surface area contributed by atoms with Crippen molar-refractivity contribution in [2.24, 2.45) is 0 Å². The number of allylic oxidation sites excluding steroid dienone is 5. The van der Waals surface area contributed by atoms with E-state index in [2.05, 4.69) is 165 Å². The fourth-order valence-electron chi connectivity index (χ4n) is 7.63. The Bertz CT molecular complexity index is 2730. The molecule has 0 saturated carbocycles. The van der Waals surface area contributed by atoms with Crippen LogP contribution >= 0.6 is 11.3 Å². The van der Waals surface area contributed by atoms with Crippen LogP contribution in [-0.2, 0) is 0 Å². The predicted octanol–water partition coefficient (Wildman–Crippen LogP) is 14.0. The SMILES string of the molecule is C=C/C(=C\C=C(/C)c1c2ccccc2c(-c2ccc3c(c2)c2ccccc2c2c4ccccc4sc32)c2ccccc12)c1ccccc1. The molecular weight excluding hydrogens is 597 g/mol. The van der Waals surface area contributed by atoms with Gasteiger partial charge in [-0.05, 0) is 90.2 Å². The Morgan fingerprint density at radius 1 is 0.521 bits per heavy atom. The Kier molecular flexibility index (Phi) is 6.81. The Balaban J connectivity index is 1.31. The largest absolute Gasteiger partial charge is 0.135 e. The van der Waals surface area contributed by atoms with Gasteiger partial charge in [-0.2, -0.15) is 0 Å². The molecule has 0 atom stereocenters. The van der Waals surface area contributed by atoms with E-state index in [1.807, 2.05) is 23.5 Å². The number of thiophene rings is 1. The number of hydrogen-bond acceptors (Lipinski definition) is 1. The van der Waals surface area contributed by atoms with Crippen LogP contribution in [0.3, 0.4) is 0 Å². The van der Waals surface area contributed by atoms with E-state index in [-0.39, 0.29) is 0 Å². The quantitative estimate of drug-likeness (QED) is 0.101. The van der Waals surface area contributed by atoms with Crippen molar-refractivity contribution in [2.45, 2.75) is 6.92 Å². The fourth-order valence-corrected chi connectivity index (χ4v) is 8.89. The van der Waals surface area contributed by atoms with E-state index in [1.165, 1.54) is 91.1 Å². The summed E-state index contributed by atoms with van der Waals surface area (Å²) in [6.45, 7) is 6.33. The lowest BCUT2D eigenvalue weighted by Crippen LogP contribution is -1.92. The van der Waals surface area contributed by atoms with E-state index in [9.17, 15) is 0 Å². The van der Waals surface area contributed by atoms with Crippen LogP contribution < -0.4 is 0 Å². The van der Waals surface area contributed by atoms with Crippen LogP contribution in [0.15, 0.2) is 170 Å². The van der Waals surface area contributed by atoms with Gasteiger partial charge >= 0.3 is 0 Å². The molecule has 9 rings (SSSR count). The highest BCUT2D eigenvalue weighted by Crippen LogP contribution is 2.47. The van der Waals surface area contributed by atoms with Gasteiger partial charge in [0.15, 0.2) is 0 Å². The predicted molar refractivity (Wildman–Crippen MR) is 213 cm³/mol. The molecule has 9 aromatic rings. The maximum atomic E-state index is 4.10. The van der Waals surface area contributed by atoms with Crippen molar-refractivity contribution in [1.29, 1.82) is 0 Å². The lowest BCUT2D eigenvalue weighted by molar-refractivity contribution is 1.61. The normalized spacial score (nSPS) is 12.6. The van der Waals surface area contributed by atoms with E-state index in [0.717, 1.165) is 5.57 Å². The Hall–Kier alpha value is -5.76. The van der Waals surface area contributed by atoms with Gasteiger partial charge in [0.2, 0.25) is 0 Å². The van der Waals surface area contributed by atoms with Gasteiger partial charge in [-0.15, -0.1) is 11.3 Å². The molecule has 0 saturated heterocycles. The molecule has 0 nitrogen and oxygen atoms in total. The first-order chi connectivity index (χ1) is 23.7. The fraction of sp³-hybridized carbons (Fsp3) is 0.0213. The molecule has 1 heteroatoms. The lowest BCUT2D eigenvalue weighted by atomic mass is 9.85. The summed E-state index contributed by atoms with van der Waals surface area (Å²) in [5.74, 6) is 0. The second-order valence-corrected chi connectivity index (χ2v) is 13.5. The van der Waals surface area contributed by atoms with Gasteiger partial charge in [0.25, 0.3) is 0 Å². The molecule has 48 heavy (non-hydrogen) atoms. The summed E-state index contributed by atoms with van der Waals surface area (Å²) in [6.07, 6.45) is 6.38. The van der Waals surface area contributed by atoms with E-state index in [0.29, 0.717) is 0 Å². The average molecular weight is 629 g/mol. The van der Waals surface area contributed by atoms with Crippen molar-refractivity contribution in [3.63, 3.8) is 0 Å². The molecule has 0 bridgehead atoms. The van der Waals surface area contributed by atoms with Crippen LogP contribution in [0, 0.1) is 0 Å². The van der Waals surface area contributed by atoms with Gasteiger partial charge in [-0.3, -0.25) is 0 Å². The number of hydrogen-bond donors (Lipinski definition) is 0. The first-order valence-electron chi connectivity index (χ1n) is 16.5. The van der Waals surface area contributed by atoms with Crippen molar-refractivity contribution in [3.8, 4) is 11.1 Å². The van der Waals surface area contributed by atoms with E-state index in [4.69, 9.17) is 0 Å². The molecular formula is C47H32S. The van der Waals surface area contributed by atoms with Gasteiger partial charge in [-0.1, -0.05) is 158 Å². The zero-order valence-electron chi connectivity index (χ0n) is 26.7. The Morgan fingerprint density at radius 3 is 1.79 bits per heavy atom. The Morgan fingerprint density at radius 2 is 1.10 bits per heavy atom. The third kappa shape index (κ3) is 4.43. The third-order valence-electron chi connectivity index (χ3n) is 9.80. The molecule has 0 radical (unpaired) electrons. The number of benzene rings is 8. The second-order valence-electron chi connectivity index (χ2n) is 12.5. The van der Waals surface area contributed by atoms with E-state index < -0.39 is 0 Å². The zero-order chi connectivity index (χ0) is 32.2. The number of rotatable bonds is 5. The molecule has 226 valence electrons. The summed E-state index contributed by atoms with van der Waals surface area (Å²) in [6, 6.07) is 53.2. The summed E-state index contributed by atoms with van der Waals surface area (Å²) >= 11 is 1.91. The Labute approximate surface area is 284 Å². The molecule has 1 aromatic heterocycles. The summed E-state index contributed by atoms with van der Waals surface area (Å²) < 4.78 is 2.70. The molecule has 0 aliphatic heterocycles. The monoisotopic (exact) mass is 628 g/mol. The molecule has 0 unspecified atom stereocenters. The van der Waals surface area contributed by atoms with Gasteiger partial charge in [0.1, 0.15) is 0 Å². The first kappa shape index (κ1) is 28.5. The number of fused-ring (bicyclic) bond motifs is 10. The molecule has 0 N–H and O–H groups in total. The van der Waals surface area contributed by atoms with Crippen LogP contribution in [0.1, 0.15) is 18.1 Å². The van der Waals surface area contributed by atoms with Crippen LogP contribution in [-0.4, -0.2) is 0 Å². The second kappa shape index (κ2) is 11.5. The highest BCUT2D eigenvalue weighted by Gasteiger charge is 2.18. The standard InChI is InChI=1S/C47H32S/c1-3-31(32-15-5-4-6-16-32)26-25-30(2)44-36-19-9-11-21-38(36)45(39-22-12-10-20-37(39)44)33-27-28-40-42(29-33)34-17-7-8-18-35(34)46-41-23-13-14-24-43(41)48-47(40)46/h3-29H,1H2,2H3/b30-25+,31-26+. The molecule has 0 aliphatic carbocycles. The highest BCUT2D eigenvalue weighted by atomic mass is 32.1. The van der Waals surface area contributed by atoms with Crippen molar-refractivity contribution in [1.82, 2.24) is 0 Å². The topological polar surface area (TPSA) is 0 Å². The van der Waals surface area contributed by atoms with Crippen LogP contribution in [0.5, 0.6) is 0 Å². The van der Waals surface area contributed by atoms with Gasteiger partial charge in [0.05, 0.1) is 0 Å². The van der Waals surface area contributed by atoms with Crippen molar-refractivity contribution in [2.75, 3.05) is 0 Å².